The summed E-state index contributed by atoms with van der Waals surface area (Å²) in [6, 6.07) is 6.00. The monoisotopic (exact) mass is 398 g/mol. The lowest BCUT2D eigenvalue weighted by Gasteiger charge is -2.19. The number of esters is 1. The van der Waals surface area contributed by atoms with E-state index in [9.17, 15) is 13.6 Å². The largest absolute Gasteiger partial charge is 0.431 e. The number of allylic oxidation sites excluding steroid dienone is 1. The lowest BCUT2D eigenvalue weighted by molar-refractivity contribution is -0.246. The summed E-state index contributed by atoms with van der Waals surface area (Å²) in [4.78, 5) is 12.4. The van der Waals surface area contributed by atoms with Gasteiger partial charge in [0, 0.05) is 10.6 Å². The minimum atomic E-state index is -3.11. The summed E-state index contributed by atoms with van der Waals surface area (Å²) in [7, 11) is 0. The summed E-state index contributed by atoms with van der Waals surface area (Å²) >= 11 is 17.1. The van der Waals surface area contributed by atoms with E-state index in [1.807, 2.05) is 13.8 Å². The van der Waals surface area contributed by atoms with E-state index in [1.54, 1.807) is 12.1 Å². The minimum Gasteiger partial charge on any atom is -0.431 e. The SMILES string of the molecule is CC1(C)C(C=C(Cl)Cl)C1C(=O)OC(OC(F)F)c1cccc(Cl)c1. The first-order chi connectivity index (χ1) is 11.1. The van der Waals surface area contributed by atoms with E-state index in [0.29, 0.717) is 5.02 Å². The Morgan fingerprint density at radius 3 is 2.54 bits per heavy atom. The predicted molar refractivity (Wildman–Crippen MR) is 87.9 cm³/mol. The average molecular weight is 400 g/mol. The van der Waals surface area contributed by atoms with Gasteiger partial charge in [-0.05, 0) is 29.5 Å². The number of benzene rings is 1. The molecule has 24 heavy (non-hydrogen) atoms. The molecule has 0 spiro atoms. The molecule has 0 heterocycles. The third kappa shape index (κ3) is 4.60. The van der Waals surface area contributed by atoms with Gasteiger partial charge in [-0.15, -0.1) is 0 Å². The van der Waals surface area contributed by atoms with Crippen LogP contribution in [0, 0.1) is 17.3 Å². The van der Waals surface area contributed by atoms with Gasteiger partial charge in [-0.3, -0.25) is 9.53 Å². The maximum absolute atomic E-state index is 12.6. The third-order valence-corrected chi connectivity index (χ3v) is 4.53. The zero-order valence-electron chi connectivity index (χ0n) is 12.8. The van der Waals surface area contributed by atoms with Crippen LogP contribution in [0.2, 0.25) is 5.02 Å². The highest BCUT2D eigenvalue weighted by atomic mass is 35.5. The molecule has 0 aromatic heterocycles. The highest BCUT2D eigenvalue weighted by Crippen LogP contribution is 2.60. The quantitative estimate of drug-likeness (QED) is 0.454. The molecule has 8 heteroatoms. The van der Waals surface area contributed by atoms with Crippen molar-refractivity contribution >= 4 is 40.8 Å². The Balaban J connectivity index is 2.15. The van der Waals surface area contributed by atoms with Gasteiger partial charge in [0.05, 0.1) is 5.92 Å². The molecule has 1 aromatic carbocycles. The van der Waals surface area contributed by atoms with E-state index >= 15 is 0 Å². The van der Waals surface area contributed by atoms with Gasteiger partial charge in [-0.25, -0.2) is 0 Å². The molecule has 1 fully saturated rings. The van der Waals surface area contributed by atoms with Crippen LogP contribution in [0.15, 0.2) is 34.8 Å². The third-order valence-electron chi connectivity index (χ3n) is 4.04. The van der Waals surface area contributed by atoms with Crippen molar-refractivity contribution in [2.24, 2.45) is 17.3 Å². The summed E-state index contributed by atoms with van der Waals surface area (Å²) in [5.41, 5.74) is -0.215. The molecule has 132 valence electrons. The van der Waals surface area contributed by atoms with E-state index in [2.05, 4.69) is 4.74 Å². The smallest absolute Gasteiger partial charge is 0.348 e. The van der Waals surface area contributed by atoms with Crippen molar-refractivity contribution in [3.05, 3.63) is 45.4 Å². The molecule has 0 saturated heterocycles. The molecular weight excluding hydrogens is 385 g/mol. The maximum atomic E-state index is 12.6. The van der Waals surface area contributed by atoms with Crippen LogP contribution >= 0.6 is 34.8 Å². The second-order valence-corrected chi connectivity index (χ2v) is 7.45. The van der Waals surface area contributed by atoms with Gasteiger partial charge in [0.25, 0.3) is 0 Å². The van der Waals surface area contributed by atoms with Gasteiger partial charge in [0.1, 0.15) is 4.49 Å². The molecule has 1 saturated carbocycles. The second kappa shape index (κ2) is 7.56. The number of halogens is 5. The number of hydrogen-bond acceptors (Lipinski definition) is 3. The molecular formula is C16H15Cl3F2O3. The number of carbonyl (C=O) groups excluding carboxylic acids is 1. The number of carbonyl (C=O) groups is 1. The Morgan fingerprint density at radius 2 is 2.00 bits per heavy atom. The fourth-order valence-electron chi connectivity index (χ4n) is 2.67. The number of rotatable bonds is 6. The zero-order chi connectivity index (χ0) is 18.1. The summed E-state index contributed by atoms with van der Waals surface area (Å²) in [5.74, 6) is -1.45. The number of alkyl halides is 2. The summed E-state index contributed by atoms with van der Waals surface area (Å²) in [6.07, 6.45) is -0.0130. The van der Waals surface area contributed by atoms with Crippen LogP contribution in [0.25, 0.3) is 0 Å². The molecule has 3 unspecified atom stereocenters. The van der Waals surface area contributed by atoms with E-state index in [0.717, 1.165) is 0 Å². The highest BCUT2D eigenvalue weighted by molar-refractivity contribution is 6.55. The van der Waals surface area contributed by atoms with Crippen LogP contribution in [0.4, 0.5) is 8.78 Å². The van der Waals surface area contributed by atoms with Gasteiger partial charge in [0.2, 0.25) is 6.29 Å². The highest BCUT2D eigenvalue weighted by Gasteiger charge is 2.62. The standard InChI is InChI=1S/C16H15Cl3F2O3/c1-16(2)10(7-11(18)19)12(16)13(22)23-14(24-15(20)21)8-4-3-5-9(17)6-8/h3-7,10,12,14-15H,1-2H3. The minimum absolute atomic E-state index is 0.0404. The lowest BCUT2D eigenvalue weighted by atomic mass is 10.1. The zero-order valence-corrected chi connectivity index (χ0v) is 15.1. The Hall–Kier alpha value is -0.880. The molecule has 3 atom stereocenters. The van der Waals surface area contributed by atoms with Crippen LogP contribution in [0.5, 0.6) is 0 Å². The van der Waals surface area contributed by atoms with E-state index in [1.165, 1.54) is 18.2 Å². The Morgan fingerprint density at radius 1 is 1.33 bits per heavy atom. The first kappa shape index (κ1) is 19.4. The predicted octanol–water partition coefficient (Wildman–Crippen LogP) is 5.71. The molecule has 0 N–H and O–H groups in total. The van der Waals surface area contributed by atoms with Crippen LogP contribution < -0.4 is 0 Å². The molecule has 3 nitrogen and oxygen atoms in total. The Labute approximate surface area is 153 Å². The average Bonchev–Trinajstić information content (AvgIpc) is 2.97. The molecule has 0 amide bonds. The van der Waals surface area contributed by atoms with Gasteiger partial charge in [-0.1, -0.05) is 60.8 Å². The van der Waals surface area contributed by atoms with Gasteiger partial charge >= 0.3 is 12.6 Å². The van der Waals surface area contributed by atoms with Crippen LogP contribution in [0.3, 0.4) is 0 Å². The van der Waals surface area contributed by atoms with Crippen molar-refractivity contribution in [3.63, 3.8) is 0 Å². The molecule has 1 aliphatic rings. The van der Waals surface area contributed by atoms with Crippen molar-refractivity contribution in [1.82, 2.24) is 0 Å². The first-order valence-corrected chi connectivity index (χ1v) is 8.18. The molecule has 1 aromatic rings. The fraction of sp³-hybridized carbons (Fsp3) is 0.438. The van der Waals surface area contributed by atoms with E-state index in [4.69, 9.17) is 39.5 Å². The summed E-state index contributed by atoms with van der Waals surface area (Å²) in [6.45, 7) is 0.556. The van der Waals surface area contributed by atoms with Crippen LogP contribution in [-0.2, 0) is 14.3 Å². The maximum Gasteiger partial charge on any atom is 0.348 e. The molecule has 2 rings (SSSR count). The normalized spacial score (nSPS) is 22.8. The van der Waals surface area contributed by atoms with Crippen LogP contribution in [0.1, 0.15) is 25.7 Å². The molecule has 0 radical (unpaired) electrons. The first-order valence-electron chi connectivity index (χ1n) is 7.05. The topological polar surface area (TPSA) is 35.5 Å². The Kier molecular flexibility index (Phi) is 6.13. The van der Waals surface area contributed by atoms with E-state index in [-0.39, 0.29) is 16.0 Å². The number of ether oxygens (including phenoxy) is 2. The van der Waals surface area contributed by atoms with Gasteiger partial charge in [0.15, 0.2) is 0 Å². The van der Waals surface area contributed by atoms with Crippen molar-refractivity contribution < 1.29 is 23.0 Å². The Bertz CT molecular complexity index is 645. The fourth-order valence-corrected chi connectivity index (χ4v) is 3.14. The second-order valence-electron chi connectivity index (χ2n) is 6.00. The number of hydrogen-bond donors (Lipinski definition) is 0. The van der Waals surface area contributed by atoms with Gasteiger partial charge < -0.3 is 4.74 Å². The molecule has 0 aliphatic heterocycles. The van der Waals surface area contributed by atoms with Crippen molar-refractivity contribution in [1.29, 1.82) is 0 Å². The van der Waals surface area contributed by atoms with Crippen molar-refractivity contribution in [2.45, 2.75) is 26.7 Å². The summed E-state index contributed by atoms with van der Waals surface area (Å²) in [5, 5.41) is 0.313. The van der Waals surface area contributed by atoms with Crippen LogP contribution in [-0.4, -0.2) is 12.6 Å². The van der Waals surface area contributed by atoms with Crippen molar-refractivity contribution in [3.8, 4) is 0 Å². The lowest BCUT2D eigenvalue weighted by Crippen LogP contribution is -2.19. The molecule has 1 aliphatic carbocycles. The van der Waals surface area contributed by atoms with E-state index < -0.39 is 30.2 Å². The van der Waals surface area contributed by atoms with Crippen molar-refractivity contribution in [2.75, 3.05) is 0 Å². The summed E-state index contributed by atoms with van der Waals surface area (Å²) < 4.78 is 34.9. The molecule has 0 bridgehead atoms. The van der Waals surface area contributed by atoms with Gasteiger partial charge in [-0.2, -0.15) is 8.78 Å².